The van der Waals surface area contributed by atoms with Crippen molar-refractivity contribution in [1.82, 2.24) is 0 Å². The molecule has 0 fully saturated rings. The van der Waals surface area contributed by atoms with Crippen LogP contribution in [0.5, 0.6) is 17.2 Å². The maximum absolute atomic E-state index is 11.6. The van der Waals surface area contributed by atoms with E-state index in [9.17, 15) is 8.42 Å². The first-order chi connectivity index (χ1) is 9.27. The fraction of sp³-hybridized carbons (Fsp3) is 0.538. The number of rotatable bonds is 6. The molecule has 20 heavy (non-hydrogen) atoms. The lowest BCUT2D eigenvalue weighted by Gasteiger charge is -2.21. The largest absolute Gasteiger partial charge is 0.493 e. The van der Waals surface area contributed by atoms with Gasteiger partial charge in [0, 0.05) is 11.8 Å². The maximum Gasteiger partial charge on any atom is 0.203 e. The van der Waals surface area contributed by atoms with Crippen LogP contribution in [0.4, 0.5) is 0 Å². The number of halogens is 1. The van der Waals surface area contributed by atoms with Crippen LogP contribution in [0.2, 0.25) is 0 Å². The van der Waals surface area contributed by atoms with Gasteiger partial charge >= 0.3 is 0 Å². The van der Waals surface area contributed by atoms with Crippen LogP contribution in [0.1, 0.15) is 17.9 Å². The van der Waals surface area contributed by atoms with Crippen molar-refractivity contribution in [3.05, 3.63) is 17.7 Å². The van der Waals surface area contributed by atoms with Crippen LogP contribution in [0, 0.1) is 0 Å². The molecule has 0 aliphatic heterocycles. The average molecular weight is 323 g/mol. The fourth-order valence-electron chi connectivity index (χ4n) is 1.81. The van der Waals surface area contributed by atoms with Gasteiger partial charge in [-0.2, -0.15) is 0 Å². The van der Waals surface area contributed by atoms with Gasteiger partial charge in [0.2, 0.25) is 5.75 Å². The van der Waals surface area contributed by atoms with Gasteiger partial charge in [-0.15, -0.1) is 11.6 Å². The highest BCUT2D eigenvalue weighted by atomic mass is 35.5. The molecule has 0 saturated carbocycles. The number of ether oxygens (including phenoxy) is 3. The van der Waals surface area contributed by atoms with Crippen molar-refractivity contribution in [2.75, 3.05) is 27.6 Å². The highest BCUT2D eigenvalue weighted by Crippen LogP contribution is 2.45. The zero-order chi connectivity index (χ0) is 15.5. The lowest BCUT2D eigenvalue weighted by molar-refractivity contribution is 0.322. The Balaban J connectivity index is 3.39. The molecular weight excluding hydrogens is 304 g/mol. The predicted molar refractivity (Wildman–Crippen MR) is 79.0 cm³/mol. The molecule has 1 aromatic carbocycles. The smallest absolute Gasteiger partial charge is 0.203 e. The number of benzene rings is 1. The minimum atomic E-state index is -3.27. The van der Waals surface area contributed by atoms with Crippen molar-refractivity contribution in [1.29, 1.82) is 0 Å². The molecule has 1 aromatic rings. The SMILES string of the molecule is COc1ccc(C(Cl)C(C)S(C)(=O)=O)c(OC)c1OC. The first-order valence-electron chi connectivity index (χ1n) is 5.89. The Hall–Kier alpha value is -1.14. The first kappa shape index (κ1) is 16.9. The third-order valence-electron chi connectivity index (χ3n) is 3.12. The van der Waals surface area contributed by atoms with E-state index in [1.54, 1.807) is 19.1 Å². The molecule has 0 aliphatic carbocycles. The molecular formula is C13H19ClO5S. The van der Waals surface area contributed by atoms with Crippen molar-refractivity contribution in [2.24, 2.45) is 0 Å². The Kier molecular flexibility index (Phi) is 5.53. The summed E-state index contributed by atoms with van der Waals surface area (Å²) in [6, 6.07) is 3.35. The van der Waals surface area contributed by atoms with Gasteiger partial charge in [0.25, 0.3) is 0 Å². The fourth-order valence-corrected chi connectivity index (χ4v) is 3.12. The van der Waals surface area contributed by atoms with Gasteiger partial charge in [-0.3, -0.25) is 0 Å². The van der Waals surface area contributed by atoms with E-state index in [1.807, 2.05) is 0 Å². The van der Waals surface area contributed by atoms with Gasteiger partial charge in [0.1, 0.15) is 0 Å². The Morgan fingerprint density at radius 2 is 1.60 bits per heavy atom. The quantitative estimate of drug-likeness (QED) is 0.753. The monoisotopic (exact) mass is 322 g/mol. The van der Waals surface area contributed by atoms with E-state index in [0.717, 1.165) is 6.26 Å². The maximum atomic E-state index is 11.6. The van der Waals surface area contributed by atoms with Gasteiger partial charge in [-0.25, -0.2) is 8.42 Å². The highest BCUT2D eigenvalue weighted by molar-refractivity contribution is 7.91. The molecule has 0 aromatic heterocycles. The second-order valence-electron chi connectivity index (χ2n) is 4.36. The van der Waals surface area contributed by atoms with Gasteiger partial charge < -0.3 is 14.2 Å². The van der Waals surface area contributed by atoms with Gasteiger partial charge in [0.15, 0.2) is 21.3 Å². The van der Waals surface area contributed by atoms with Crippen molar-refractivity contribution in [3.8, 4) is 17.2 Å². The number of hydrogen-bond donors (Lipinski definition) is 0. The predicted octanol–water partition coefficient (Wildman–Crippen LogP) is 2.43. The summed E-state index contributed by atoms with van der Waals surface area (Å²) in [7, 11) is 1.19. The molecule has 2 unspecified atom stereocenters. The van der Waals surface area contributed by atoms with Crippen LogP contribution in [0.25, 0.3) is 0 Å². The zero-order valence-electron chi connectivity index (χ0n) is 12.1. The Labute approximate surface area is 124 Å². The van der Waals surface area contributed by atoms with Crippen molar-refractivity contribution in [2.45, 2.75) is 17.6 Å². The van der Waals surface area contributed by atoms with Gasteiger partial charge in [-0.05, 0) is 19.1 Å². The van der Waals surface area contributed by atoms with Crippen LogP contribution >= 0.6 is 11.6 Å². The van der Waals surface area contributed by atoms with Gasteiger partial charge in [0.05, 0.1) is 32.0 Å². The highest BCUT2D eigenvalue weighted by Gasteiger charge is 2.30. The van der Waals surface area contributed by atoms with E-state index >= 15 is 0 Å². The standard InChI is InChI=1S/C13H19ClO5S/c1-8(20(5,15)16)11(14)9-6-7-10(17-2)13(19-4)12(9)18-3/h6-8,11H,1-5H3. The summed E-state index contributed by atoms with van der Waals surface area (Å²) in [4.78, 5) is 0. The van der Waals surface area contributed by atoms with E-state index in [1.165, 1.54) is 21.3 Å². The molecule has 0 saturated heterocycles. The second kappa shape index (κ2) is 6.54. The second-order valence-corrected chi connectivity index (χ2v) is 7.23. The van der Waals surface area contributed by atoms with Crippen molar-refractivity contribution >= 4 is 21.4 Å². The van der Waals surface area contributed by atoms with Crippen LogP contribution in [0.3, 0.4) is 0 Å². The summed E-state index contributed by atoms with van der Waals surface area (Å²) in [6.07, 6.45) is 1.15. The molecule has 7 heteroatoms. The molecule has 0 N–H and O–H groups in total. The minimum absolute atomic E-state index is 0.377. The zero-order valence-corrected chi connectivity index (χ0v) is 13.7. The summed E-state index contributed by atoms with van der Waals surface area (Å²) < 4.78 is 39.0. The molecule has 5 nitrogen and oxygen atoms in total. The molecule has 0 radical (unpaired) electrons. The molecule has 0 heterocycles. The minimum Gasteiger partial charge on any atom is -0.493 e. The van der Waals surface area contributed by atoms with Crippen molar-refractivity contribution < 1.29 is 22.6 Å². The molecule has 2 atom stereocenters. The Morgan fingerprint density at radius 3 is 2.00 bits per heavy atom. The van der Waals surface area contributed by atoms with Crippen LogP contribution in [-0.2, 0) is 9.84 Å². The Bertz CT molecular complexity index is 570. The molecule has 0 bridgehead atoms. The number of methoxy groups -OCH3 is 3. The van der Waals surface area contributed by atoms with E-state index < -0.39 is 20.5 Å². The summed E-state index contributed by atoms with van der Waals surface area (Å²) >= 11 is 6.29. The molecule has 114 valence electrons. The van der Waals surface area contributed by atoms with Crippen LogP contribution in [-0.4, -0.2) is 41.3 Å². The summed E-state index contributed by atoms with van der Waals surface area (Å²) in [5.41, 5.74) is 0.546. The average Bonchev–Trinajstić information content (AvgIpc) is 2.42. The van der Waals surface area contributed by atoms with Crippen LogP contribution < -0.4 is 14.2 Å². The van der Waals surface area contributed by atoms with E-state index in [0.29, 0.717) is 22.8 Å². The number of sulfone groups is 1. The van der Waals surface area contributed by atoms with Gasteiger partial charge in [-0.1, -0.05) is 0 Å². The third-order valence-corrected chi connectivity index (χ3v) is 5.50. The lowest BCUT2D eigenvalue weighted by atomic mass is 10.1. The van der Waals surface area contributed by atoms with E-state index in [4.69, 9.17) is 25.8 Å². The third kappa shape index (κ3) is 3.30. The number of hydrogen-bond acceptors (Lipinski definition) is 5. The van der Waals surface area contributed by atoms with E-state index in [2.05, 4.69) is 0 Å². The molecule has 1 rings (SSSR count). The van der Waals surface area contributed by atoms with E-state index in [-0.39, 0.29) is 0 Å². The lowest BCUT2D eigenvalue weighted by Crippen LogP contribution is -2.21. The Morgan fingerprint density at radius 1 is 1.05 bits per heavy atom. The summed E-state index contributed by atoms with van der Waals surface area (Å²) in [5, 5.41) is -1.50. The van der Waals surface area contributed by atoms with Crippen molar-refractivity contribution in [3.63, 3.8) is 0 Å². The number of alkyl halides is 1. The molecule has 0 spiro atoms. The summed E-state index contributed by atoms with van der Waals surface area (Å²) in [6.45, 7) is 1.56. The molecule has 0 aliphatic rings. The van der Waals surface area contributed by atoms with Crippen LogP contribution in [0.15, 0.2) is 12.1 Å². The topological polar surface area (TPSA) is 61.8 Å². The summed E-state index contributed by atoms with van der Waals surface area (Å²) in [5.74, 6) is 1.25. The first-order valence-corrected chi connectivity index (χ1v) is 8.28. The molecule has 0 amide bonds. The normalized spacial score (nSPS) is 14.5.